The Bertz CT molecular complexity index is 861. The number of likely N-dealkylation sites (tertiary alicyclic amines) is 1. The third-order valence-electron chi connectivity index (χ3n) is 5.03. The van der Waals surface area contributed by atoms with Gasteiger partial charge in [0.2, 0.25) is 5.95 Å². The molecule has 0 spiro atoms. The van der Waals surface area contributed by atoms with Crippen molar-refractivity contribution >= 4 is 23.6 Å². The van der Waals surface area contributed by atoms with Gasteiger partial charge in [-0.3, -0.25) is 4.79 Å². The standard InChI is InChI=1S/C21H27N5O3/c1-4-29-21(28)26-9-7-17(8-10-26)24-19(27)16-12-22-20(23-13-16)25-18-6-5-14(2)15(3)11-18/h5-6,11-13,17H,4,7-10H2,1-3H3,(H,24,27)(H,22,23,25). The first kappa shape index (κ1) is 20.6. The molecule has 0 radical (unpaired) electrons. The number of carbonyl (C=O) groups excluding carboxylic acids is 2. The van der Waals surface area contributed by atoms with Crippen molar-refractivity contribution in [2.75, 3.05) is 25.0 Å². The van der Waals surface area contributed by atoms with Gasteiger partial charge in [0.05, 0.1) is 12.2 Å². The van der Waals surface area contributed by atoms with Crippen molar-refractivity contribution in [2.24, 2.45) is 0 Å². The van der Waals surface area contributed by atoms with Gasteiger partial charge in [0.1, 0.15) is 0 Å². The van der Waals surface area contributed by atoms with Gasteiger partial charge in [-0.05, 0) is 56.9 Å². The first-order valence-corrected chi connectivity index (χ1v) is 9.85. The Balaban J connectivity index is 1.51. The van der Waals surface area contributed by atoms with E-state index in [1.54, 1.807) is 11.8 Å². The molecule has 0 unspecified atom stereocenters. The zero-order chi connectivity index (χ0) is 20.8. The number of nitrogens with one attached hydrogen (secondary N) is 2. The fourth-order valence-electron chi connectivity index (χ4n) is 3.15. The van der Waals surface area contributed by atoms with Gasteiger partial charge in [-0.1, -0.05) is 6.07 Å². The Kier molecular flexibility index (Phi) is 6.64. The molecule has 2 aromatic rings. The lowest BCUT2D eigenvalue weighted by molar-refractivity contribution is 0.0859. The predicted molar refractivity (Wildman–Crippen MR) is 110 cm³/mol. The van der Waals surface area contributed by atoms with Crippen molar-refractivity contribution in [2.45, 2.75) is 39.7 Å². The number of ether oxygens (including phenoxy) is 1. The minimum atomic E-state index is -0.294. The lowest BCUT2D eigenvalue weighted by Gasteiger charge is -2.31. The molecule has 3 rings (SSSR count). The molecule has 1 aromatic heterocycles. The predicted octanol–water partition coefficient (Wildman–Crippen LogP) is 3.19. The second-order valence-corrected chi connectivity index (χ2v) is 7.15. The van der Waals surface area contributed by atoms with E-state index in [0.717, 1.165) is 5.69 Å². The zero-order valence-corrected chi connectivity index (χ0v) is 17.1. The molecule has 0 aliphatic carbocycles. The third-order valence-corrected chi connectivity index (χ3v) is 5.03. The number of amides is 2. The number of aromatic nitrogens is 2. The number of hydrogen-bond donors (Lipinski definition) is 2. The molecule has 1 saturated heterocycles. The summed E-state index contributed by atoms with van der Waals surface area (Å²) >= 11 is 0. The molecule has 154 valence electrons. The van der Waals surface area contributed by atoms with Gasteiger partial charge in [-0.25, -0.2) is 14.8 Å². The van der Waals surface area contributed by atoms with Crippen LogP contribution in [0, 0.1) is 13.8 Å². The molecule has 0 saturated carbocycles. The van der Waals surface area contributed by atoms with Gasteiger partial charge >= 0.3 is 6.09 Å². The topological polar surface area (TPSA) is 96.5 Å². The fraction of sp³-hybridized carbons (Fsp3) is 0.429. The Hall–Kier alpha value is -3.16. The summed E-state index contributed by atoms with van der Waals surface area (Å²) in [5, 5.41) is 6.13. The van der Waals surface area contributed by atoms with Crippen LogP contribution < -0.4 is 10.6 Å². The minimum Gasteiger partial charge on any atom is -0.450 e. The summed E-state index contributed by atoms with van der Waals surface area (Å²) in [5.74, 6) is 0.227. The van der Waals surface area contributed by atoms with Crippen LogP contribution >= 0.6 is 0 Å². The van der Waals surface area contributed by atoms with Crippen LogP contribution in [0.15, 0.2) is 30.6 Å². The SMILES string of the molecule is CCOC(=O)N1CCC(NC(=O)c2cnc(Nc3ccc(C)c(C)c3)nc2)CC1. The molecule has 0 bridgehead atoms. The molecule has 8 nitrogen and oxygen atoms in total. The van der Waals surface area contributed by atoms with E-state index in [-0.39, 0.29) is 18.0 Å². The van der Waals surface area contributed by atoms with Gasteiger partial charge in [-0.15, -0.1) is 0 Å². The van der Waals surface area contributed by atoms with Gasteiger partial charge < -0.3 is 20.3 Å². The summed E-state index contributed by atoms with van der Waals surface area (Å²) in [6.45, 7) is 7.40. The summed E-state index contributed by atoms with van der Waals surface area (Å²) in [4.78, 5) is 34.4. The number of hydrogen-bond acceptors (Lipinski definition) is 6. The molecular formula is C21H27N5O3. The Labute approximate surface area is 170 Å². The highest BCUT2D eigenvalue weighted by Crippen LogP contribution is 2.17. The van der Waals surface area contributed by atoms with E-state index in [0.29, 0.717) is 44.0 Å². The summed E-state index contributed by atoms with van der Waals surface area (Å²) in [6.07, 6.45) is 4.12. The largest absolute Gasteiger partial charge is 0.450 e. The molecule has 1 aliphatic heterocycles. The lowest BCUT2D eigenvalue weighted by atomic mass is 10.1. The number of anilines is 2. The summed E-state index contributed by atoms with van der Waals surface area (Å²) < 4.78 is 5.01. The first-order chi connectivity index (χ1) is 14.0. The molecule has 2 amide bonds. The van der Waals surface area contributed by atoms with Gasteiger partial charge in [0.25, 0.3) is 5.91 Å². The van der Waals surface area contributed by atoms with Crippen LogP contribution in [0.4, 0.5) is 16.4 Å². The summed E-state index contributed by atoms with van der Waals surface area (Å²) in [7, 11) is 0. The van der Waals surface area contributed by atoms with E-state index in [1.165, 1.54) is 23.5 Å². The average molecular weight is 397 g/mol. The molecular weight excluding hydrogens is 370 g/mol. The monoisotopic (exact) mass is 397 g/mol. The van der Waals surface area contributed by atoms with Crippen LogP contribution in [0.25, 0.3) is 0 Å². The van der Waals surface area contributed by atoms with Gasteiger partial charge in [-0.2, -0.15) is 0 Å². The van der Waals surface area contributed by atoms with Crippen molar-refractivity contribution in [3.63, 3.8) is 0 Å². The van der Waals surface area contributed by atoms with E-state index >= 15 is 0 Å². The zero-order valence-electron chi connectivity index (χ0n) is 17.1. The molecule has 29 heavy (non-hydrogen) atoms. The van der Waals surface area contributed by atoms with Crippen molar-refractivity contribution < 1.29 is 14.3 Å². The molecule has 1 aliphatic rings. The highest BCUT2D eigenvalue weighted by molar-refractivity contribution is 5.93. The second kappa shape index (κ2) is 9.36. The van der Waals surface area contributed by atoms with E-state index < -0.39 is 0 Å². The van der Waals surface area contributed by atoms with E-state index in [1.807, 2.05) is 25.1 Å². The van der Waals surface area contributed by atoms with Gasteiger partial charge in [0.15, 0.2) is 0 Å². The number of benzene rings is 1. The molecule has 8 heteroatoms. The molecule has 2 N–H and O–H groups in total. The van der Waals surface area contributed by atoms with Crippen LogP contribution in [-0.2, 0) is 4.74 Å². The van der Waals surface area contributed by atoms with Crippen molar-refractivity contribution in [3.05, 3.63) is 47.3 Å². The quantitative estimate of drug-likeness (QED) is 0.804. The minimum absolute atomic E-state index is 0.0153. The number of nitrogens with zero attached hydrogens (tertiary/aromatic N) is 3. The molecule has 2 heterocycles. The maximum atomic E-state index is 12.5. The van der Waals surface area contributed by atoms with Crippen molar-refractivity contribution in [1.82, 2.24) is 20.2 Å². The molecule has 1 fully saturated rings. The smallest absolute Gasteiger partial charge is 0.409 e. The molecule has 1 aromatic carbocycles. The average Bonchev–Trinajstić information content (AvgIpc) is 2.72. The molecule has 0 atom stereocenters. The van der Waals surface area contributed by atoms with Crippen LogP contribution in [0.3, 0.4) is 0 Å². The van der Waals surface area contributed by atoms with E-state index in [9.17, 15) is 9.59 Å². The highest BCUT2D eigenvalue weighted by atomic mass is 16.6. The lowest BCUT2D eigenvalue weighted by Crippen LogP contribution is -2.46. The Morgan fingerprint density at radius 1 is 1.14 bits per heavy atom. The van der Waals surface area contributed by atoms with E-state index in [2.05, 4.69) is 27.5 Å². The third kappa shape index (κ3) is 5.43. The Morgan fingerprint density at radius 2 is 1.83 bits per heavy atom. The number of carbonyl (C=O) groups is 2. The fourth-order valence-corrected chi connectivity index (χ4v) is 3.15. The highest BCUT2D eigenvalue weighted by Gasteiger charge is 2.25. The maximum Gasteiger partial charge on any atom is 0.409 e. The van der Waals surface area contributed by atoms with E-state index in [4.69, 9.17) is 4.74 Å². The van der Waals surface area contributed by atoms with Gasteiger partial charge in [0, 0.05) is 37.2 Å². The van der Waals surface area contributed by atoms with Crippen LogP contribution in [0.1, 0.15) is 41.3 Å². The van der Waals surface area contributed by atoms with Crippen LogP contribution in [0.2, 0.25) is 0 Å². The number of aryl methyl sites for hydroxylation is 2. The first-order valence-electron chi connectivity index (χ1n) is 9.85. The van der Waals surface area contributed by atoms with Crippen molar-refractivity contribution in [1.29, 1.82) is 0 Å². The summed E-state index contributed by atoms with van der Waals surface area (Å²) in [5.41, 5.74) is 3.71. The van der Waals surface area contributed by atoms with Crippen LogP contribution in [-0.4, -0.2) is 52.6 Å². The Morgan fingerprint density at radius 3 is 2.45 bits per heavy atom. The second-order valence-electron chi connectivity index (χ2n) is 7.15. The normalized spacial score (nSPS) is 14.4. The van der Waals surface area contributed by atoms with Crippen LogP contribution in [0.5, 0.6) is 0 Å². The van der Waals surface area contributed by atoms with Crippen molar-refractivity contribution in [3.8, 4) is 0 Å². The number of piperidine rings is 1. The summed E-state index contributed by atoms with van der Waals surface area (Å²) in [6, 6.07) is 6.05. The maximum absolute atomic E-state index is 12.5. The number of rotatable bonds is 5.